The highest BCUT2D eigenvalue weighted by molar-refractivity contribution is 5.85. The standard InChI is InChI=1S/C26H28N2O3/c1-17-13-20-14-21(16-27-24(20)15-25(17)30-2)18-5-7-22(8-6-18)31-23-9-11-28(12-10-23)26(29)19-3-4-19/h5-8,13-16,19,23H,3-4,9-12H2,1-2H3. The number of aryl methyl sites for hydroxylation is 1. The second-order valence-corrected chi connectivity index (χ2v) is 8.68. The van der Waals surface area contributed by atoms with Gasteiger partial charge in [-0.25, -0.2) is 0 Å². The maximum absolute atomic E-state index is 12.2. The number of rotatable bonds is 5. The lowest BCUT2D eigenvalue weighted by atomic mass is 10.0. The van der Waals surface area contributed by atoms with Crippen molar-refractivity contribution in [3.05, 3.63) is 54.2 Å². The van der Waals surface area contributed by atoms with Crippen LogP contribution in [-0.4, -0.2) is 42.1 Å². The molecule has 0 atom stereocenters. The highest BCUT2D eigenvalue weighted by Crippen LogP contribution is 2.33. The molecule has 0 bridgehead atoms. The van der Waals surface area contributed by atoms with E-state index in [0.717, 1.165) is 77.9 Å². The number of ether oxygens (including phenoxy) is 2. The SMILES string of the molecule is COc1cc2ncc(-c3ccc(OC4CCN(C(=O)C5CC5)CC4)cc3)cc2cc1C. The molecule has 0 spiro atoms. The van der Waals surface area contributed by atoms with Crippen LogP contribution in [0, 0.1) is 12.8 Å². The number of hydrogen-bond donors (Lipinski definition) is 0. The fourth-order valence-electron chi connectivity index (χ4n) is 4.35. The average Bonchev–Trinajstić information content (AvgIpc) is 3.64. The van der Waals surface area contributed by atoms with Crippen molar-refractivity contribution in [2.45, 2.75) is 38.7 Å². The van der Waals surface area contributed by atoms with Gasteiger partial charge in [-0.2, -0.15) is 0 Å². The Morgan fingerprint density at radius 2 is 1.74 bits per heavy atom. The fraction of sp³-hybridized carbons (Fsp3) is 0.385. The van der Waals surface area contributed by atoms with Crippen molar-refractivity contribution in [1.82, 2.24) is 9.88 Å². The zero-order chi connectivity index (χ0) is 21.4. The lowest BCUT2D eigenvalue weighted by molar-refractivity contribution is -0.134. The maximum Gasteiger partial charge on any atom is 0.225 e. The van der Waals surface area contributed by atoms with Crippen molar-refractivity contribution >= 4 is 16.8 Å². The first-order chi connectivity index (χ1) is 15.1. The van der Waals surface area contributed by atoms with Crippen molar-refractivity contribution < 1.29 is 14.3 Å². The largest absolute Gasteiger partial charge is 0.496 e. The molecule has 1 saturated carbocycles. The lowest BCUT2D eigenvalue weighted by Crippen LogP contribution is -2.42. The molecule has 0 radical (unpaired) electrons. The smallest absolute Gasteiger partial charge is 0.225 e. The van der Waals surface area contributed by atoms with Gasteiger partial charge in [0, 0.05) is 55.1 Å². The number of carbonyl (C=O) groups is 1. The van der Waals surface area contributed by atoms with Crippen molar-refractivity contribution in [3.63, 3.8) is 0 Å². The third-order valence-corrected chi connectivity index (χ3v) is 6.37. The molecule has 2 aliphatic rings. The molecule has 5 nitrogen and oxygen atoms in total. The highest BCUT2D eigenvalue weighted by atomic mass is 16.5. The number of fused-ring (bicyclic) bond motifs is 1. The Balaban J connectivity index is 1.24. The van der Waals surface area contributed by atoms with Crippen molar-refractivity contribution in [1.29, 1.82) is 0 Å². The zero-order valence-corrected chi connectivity index (χ0v) is 18.1. The number of pyridine rings is 1. The minimum Gasteiger partial charge on any atom is -0.496 e. The Bertz CT molecular complexity index is 1100. The van der Waals surface area contributed by atoms with E-state index in [1.54, 1.807) is 7.11 Å². The number of piperidine rings is 1. The van der Waals surface area contributed by atoms with Gasteiger partial charge < -0.3 is 14.4 Å². The van der Waals surface area contributed by atoms with E-state index in [0.29, 0.717) is 11.8 Å². The summed E-state index contributed by atoms with van der Waals surface area (Å²) in [7, 11) is 1.68. The molecule has 2 aromatic carbocycles. The summed E-state index contributed by atoms with van der Waals surface area (Å²) in [5.41, 5.74) is 4.22. The molecule has 2 heterocycles. The molecule has 0 unspecified atom stereocenters. The van der Waals surface area contributed by atoms with Gasteiger partial charge in [-0.05, 0) is 55.2 Å². The van der Waals surface area contributed by atoms with E-state index in [9.17, 15) is 4.79 Å². The zero-order valence-electron chi connectivity index (χ0n) is 18.1. The van der Waals surface area contributed by atoms with E-state index >= 15 is 0 Å². The normalized spacial score (nSPS) is 17.0. The predicted molar refractivity (Wildman–Crippen MR) is 121 cm³/mol. The summed E-state index contributed by atoms with van der Waals surface area (Å²) in [4.78, 5) is 18.8. The second kappa shape index (κ2) is 8.22. The molecule has 5 rings (SSSR count). The number of nitrogens with zero attached hydrogens (tertiary/aromatic N) is 2. The number of aromatic nitrogens is 1. The molecule has 1 aliphatic heterocycles. The summed E-state index contributed by atoms with van der Waals surface area (Å²) in [6.07, 6.45) is 6.02. The Morgan fingerprint density at radius 1 is 1.00 bits per heavy atom. The first kappa shape index (κ1) is 19.9. The van der Waals surface area contributed by atoms with Crippen molar-refractivity contribution in [3.8, 4) is 22.6 Å². The minimum atomic E-state index is 0.175. The van der Waals surface area contributed by atoms with E-state index in [1.165, 1.54) is 0 Å². The van der Waals surface area contributed by atoms with Gasteiger partial charge in [0.05, 0.1) is 12.6 Å². The Labute approximate surface area is 183 Å². The number of carbonyl (C=O) groups excluding carboxylic acids is 1. The van der Waals surface area contributed by atoms with E-state index in [-0.39, 0.29) is 6.10 Å². The average molecular weight is 417 g/mol. The van der Waals surface area contributed by atoms with Crippen LogP contribution in [0.2, 0.25) is 0 Å². The van der Waals surface area contributed by atoms with Gasteiger partial charge in [0.15, 0.2) is 0 Å². The summed E-state index contributed by atoms with van der Waals surface area (Å²) in [6.45, 7) is 3.67. The Kier molecular flexibility index (Phi) is 5.26. The lowest BCUT2D eigenvalue weighted by Gasteiger charge is -2.32. The number of amides is 1. The van der Waals surface area contributed by atoms with Gasteiger partial charge in [-0.3, -0.25) is 9.78 Å². The Morgan fingerprint density at radius 3 is 2.42 bits per heavy atom. The first-order valence-corrected chi connectivity index (χ1v) is 11.1. The van der Waals surface area contributed by atoms with Crippen molar-refractivity contribution in [2.24, 2.45) is 5.92 Å². The van der Waals surface area contributed by atoms with Crippen LogP contribution in [0.5, 0.6) is 11.5 Å². The van der Waals surface area contributed by atoms with Crippen molar-refractivity contribution in [2.75, 3.05) is 20.2 Å². The molecular weight excluding hydrogens is 388 g/mol. The monoisotopic (exact) mass is 416 g/mol. The van der Waals surface area contributed by atoms with E-state index in [4.69, 9.17) is 9.47 Å². The number of benzene rings is 2. The van der Waals surface area contributed by atoms with Gasteiger partial charge in [-0.1, -0.05) is 12.1 Å². The topological polar surface area (TPSA) is 51.7 Å². The van der Waals surface area contributed by atoms with Crippen LogP contribution in [0.3, 0.4) is 0 Å². The van der Waals surface area contributed by atoms with Gasteiger partial charge in [0.1, 0.15) is 17.6 Å². The third kappa shape index (κ3) is 4.22. The van der Waals surface area contributed by atoms with Crippen LogP contribution >= 0.6 is 0 Å². The number of methoxy groups -OCH3 is 1. The quantitative estimate of drug-likeness (QED) is 0.587. The van der Waals surface area contributed by atoms with Gasteiger partial charge in [0.25, 0.3) is 0 Å². The van der Waals surface area contributed by atoms with Crippen LogP contribution < -0.4 is 9.47 Å². The molecule has 1 saturated heterocycles. The van der Waals surface area contributed by atoms with E-state index in [2.05, 4.69) is 29.2 Å². The highest BCUT2D eigenvalue weighted by Gasteiger charge is 2.35. The fourth-order valence-corrected chi connectivity index (χ4v) is 4.35. The van der Waals surface area contributed by atoms with Crippen LogP contribution in [-0.2, 0) is 4.79 Å². The van der Waals surface area contributed by atoms with Crippen LogP contribution in [0.15, 0.2) is 48.7 Å². The van der Waals surface area contributed by atoms with Crippen LogP contribution in [0.1, 0.15) is 31.2 Å². The molecule has 1 amide bonds. The van der Waals surface area contributed by atoms with Crippen LogP contribution in [0.4, 0.5) is 0 Å². The molecule has 1 aliphatic carbocycles. The minimum absolute atomic E-state index is 0.175. The van der Waals surface area contributed by atoms with Gasteiger partial charge >= 0.3 is 0 Å². The summed E-state index contributed by atoms with van der Waals surface area (Å²) in [5.74, 6) is 2.39. The van der Waals surface area contributed by atoms with Crippen LogP contribution in [0.25, 0.3) is 22.0 Å². The molecule has 1 aromatic heterocycles. The summed E-state index contributed by atoms with van der Waals surface area (Å²) in [6, 6.07) is 14.5. The second-order valence-electron chi connectivity index (χ2n) is 8.68. The summed E-state index contributed by atoms with van der Waals surface area (Å²) in [5, 5.41) is 1.10. The van der Waals surface area contributed by atoms with E-state index < -0.39 is 0 Å². The number of hydrogen-bond acceptors (Lipinski definition) is 4. The molecule has 2 fully saturated rings. The summed E-state index contributed by atoms with van der Waals surface area (Å²) < 4.78 is 11.6. The van der Waals surface area contributed by atoms with E-state index in [1.807, 2.05) is 36.2 Å². The van der Waals surface area contributed by atoms with Gasteiger partial charge in [0.2, 0.25) is 5.91 Å². The molecule has 160 valence electrons. The number of likely N-dealkylation sites (tertiary alicyclic amines) is 1. The Hall–Kier alpha value is -3.08. The molecule has 3 aromatic rings. The summed E-state index contributed by atoms with van der Waals surface area (Å²) >= 11 is 0. The van der Waals surface area contributed by atoms with Gasteiger partial charge in [-0.15, -0.1) is 0 Å². The maximum atomic E-state index is 12.2. The first-order valence-electron chi connectivity index (χ1n) is 11.1. The molecular formula is C26H28N2O3. The molecule has 0 N–H and O–H groups in total. The third-order valence-electron chi connectivity index (χ3n) is 6.37. The molecule has 5 heteroatoms. The predicted octanol–water partition coefficient (Wildman–Crippen LogP) is 5.00. The molecule has 31 heavy (non-hydrogen) atoms.